The molecule has 0 fully saturated rings. The van der Waals surface area contributed by atoms with Crippen LogP contribution in [0.3, 0.4) is 0 Å². The predicted molar refractivity (Wildman–Crippen MR) is 98.7 cm³/mol. The lowest BCUT2D eigenvalue weighted by atomic mass is 10.1. The van der Waals surface area contributed by atoms with Crippen molar-refractivity contribution in [1.82, 2.24) is 9.71 Å². The van der Waals surface area contributed by atoms with Crippen LogP contribution in [0.25, 0.3) is 0 Å². The number of pyridine rings is 1. The minimum absolute atomic E-state index is 0.328. The summed E-state index contributed by atoms with van der Waals surface area (Å²) in [4.78, 5) is 10.7. The number of anilines is 2. The molecule has 0 amide bonds. The van der Waals surface area contributed by atoms with Gasteiger partial charge in [0.05, 0.1) is 5.56 Å². The lowest BCUT2D eigenvalue weighted by Gasteiger charge is -2.16. The van der Waals surface area contributed by atoms with E-state index in [4.69, 9.17) is 4.84 Å². The fourth-order valence-corrected chi connectivity index (χ4v) is 3.28. The van der Waals surface area contributed by atoms with Crippen LogP contribution in [0.2, 0.25) is 0 Å². The molecule has 1 unspecified atom stereocenters. The number of halogens is 4. The molecule has 0 bridgehead atoms. The average Bonchev–Trinajstić information content (AvgIpc) is 3.02. The number of rotatable bonds is 5. The van der Waals surface area contributed by atoms with E-state index in [0.29, 0.717) is 22.5 Å². The van der Waals surface area contributed by atoms with Gasteiger partial charge >= 0.3 is 6.18 Å². The Labute approximate surface area is 160 Å². The first-order valence-corrected chi connectivity index (χ1v) is 9.14. The lowest BCUT2D eigenvalue weighted by molar-refractivity contribution is -0.137. The number of oxime groups is 1. The topological polar surface area (TPSA) is 58.5 Å². The van der Waals surface area contributed by atoms with Gasteiger partial charge in [-0.2, -0.15) is 13.2 Å². The molecule has 26 heavy (non-hydrogen) atoms. The van der Waals surface area contributed by atoms with E-state index in [2.05, 4.69) is 36.1 Å². The highest BCUT2D eigenvalue weighted by Crippen LogP contribution is 2.36. The highest BCUT2D eigenvalue weighted by Gasteiger charge is 2.30. The second-order valence-electron chi connectivity index (χ2n) is 5.38. The van der Waals surface area contributed by atoms with E-state index in [9.17, 15) is 13.2 Å². The molecule has 5 nitrogen and oxygen atoms in total. The minimum Gasteiger partial charge on any atom is -0.386 e. The van der Waals surface area contributed by atoms with Gasteiger partial charge in [0.25, 0.3) is 0 Å². The van der Waals surface area contributed by atoms with Crippen LogP contribution in [0.15, 0.2) is 46.6 Å². The second kappa shape index (κ2) is 7.85. The summed E-state index contributed by atoms with van der Waals surface area (Å²) in [5, 5.41) is 6.94. The summed E-state index contributed by atoms with van der Waals surface area (Å²) in [5.74, 6) is 0.507. The van der Waals surface area contributed by atoms with Gasteiger partial charge in [-0.3, -0.25) is 4.72 Å². The summed E-state index contributed by atoms with van der Waals surface area (Å²) in [7, 11) is 1.80. The first-order chi connectivity index (χ1) is 12.4. The van der Waals surface area contributed by atoms with Crippen molar-refractivity contribution >= 4 is 44.0 Å². The third-order valence-corrected chi connectivity index (χ3v) is 4.70. The molecular formula is C16H14BrF3N4OS. The molecule has 138 valence electrons. The van der Waals surface area contributed by atoms with Crippen LogP contribution in [0.1, 0.15) is 23.7 Å². The Morgan fingerprint density at radius 3 is 2.58 bits per heavy atom. The Bertz CT molecular complexity index is 814. The number of nitrogens with one attached hydrogen (secondary N) is 2. The van der Waals surface area contributed by atoms with Gasteiger partial charge in [0.2, 0.25) is 0 Å². The number of hydrogen-bond donors (Lipinski definition) is 2. The van der Waals surface area contributed by atoms with E-state index in [-0.39, 0.29) is 6.10 Å². The van der Waals surface area contributed by atoms with Crippen molar-refractivity contribution < 1.29 is 18.0 Å². The molecule has 1 aliphatic rings. The van der Waals surface area contributed by atoms with Crippen molar-refractivity contribution in [2.45, 2.75) is 23.6 Å². The Hall–Kier alpha value is -1.78. The third-order valence-electron chi connectivity index (χ3n) is 3.57. The summed E-state index contributed by atoms with van der Waals surface area (Å²) < 4.78 is 41.7. The van der Waals surface area contributed by atoms with E-state index in [1.165, 1.54) is 24.1 Å². The molecule has 2 heterocycles. The highest BCUT2D eigenvalue weighted by molar-refractivity contribution is 9.18. The molecule has 10 heteroatoms. The molecule has 0 saturated heterocycles. The Balaban J connectivity index is 1.86. The molecular weight excluding hydrogens is 433 g/mol. The number of benzene rings is 1. The summed E-state index contributed by atoms with van der Waals surface area (Å²) in [5.41, 5.74) is 0.565. The normalized spacial score (nSPS) is 17.0. The van der Waals surface area contributed by atoms with Crippen molar-refractivity contribution in [2.75, 3.05) is 12.4 Å². The third kappa shape index (κ3) is 4.49. The Morgan fingerprint density at radius 1 is 1.27 bits per heavy atom. The quantitative estimate of drug-likeness (QED) is 0.614. The van der Waals surface area contributed by atoms with Crippen molar-refractivity contribution in [3.8, 4) is 0 Å². The van der Waals surface area contributed by atoms with Crippen LogP contribution >= 0.6 is 27.9 Å². The smallest absolute Gasteiger partial charge is 0.386 e. The number of nitrogens with zero attached hydrogens (tertiary/aromatic N) is 2. The van der Waals surface area contributed by atoms with Gasteiger partial charge in [-0.15, -0.1) is 0 Å². The van der Waals surface area contributed by atoms with Crippen LogP contribution < -0.4 is 10.0 Å². The summed E-state index contributed by atoms with van der Waals surface area (Å²) >= 11 is 4.70. The van der Waals surface area contributed by atoms with E-state index >= 15 is 0 Å². The van der Waals surface area contributed by atoms with Crippen molar-refractivity contribution in [1.29, 1.82) is 0 Å². The zero-order valence-corrected chi connectivity index (χ0v) is 15.9. The Kier molecular flexibility index (Phi) is 5.73. The molecule has 2 N–H and O–H groups in total. The second-order valence-corrected chi connectivity index (χ2v) is 7.38. The average molecular weight is 447 g/mol. The molecule has 0 radical (unpaired) electrons. The fourth-order valence-electron chi connectivity index (χ4n) is 2.38. The zero-order valence-electron chi connectivity index (χ0n) is 13.5. The van der Waals surface area contributed by atoms with Crippen LogP contribution in [0.4, 0.5) is 24.7 Å². The zero-order chi connectivity index (χ0) is 18.7. The molecule has 2 aromatic rings. The maximum Gasteiger partial charge on any atom is 0.416 e. The maximum atomic E-state index is 12.7. The monoisotopic (exact) mass is 446 g/mol. The van der Waals surface area contributed by atoms with Crippen LogP contribution in [-0.4, -0.2) is 16.7 Å². The van der Waals surface area contributed by atoms with E-state index < -0.39 is 11.7 Å². The number of alkyl halides is 3. The van der Waals surface area contributed by atoms with Gasteiger partial charge < -0.3 is 10.2 Å². The molecule has 1 aliphatic heterocycles. The molecule has 0 saturated carbocycles. The molecule has 1 atom stereocenters. The number of hydrogen-bond acceptors (Lipinski definition) is 6. The summed E-state index contributed by atoms with van der Waals surface area (Å²) in [6.45, 7) is 0. The molecule has 0 spiro atoms. The molecule has 1 aromatic heterocycles. The van der Waals surface area contributed by atoms with Gasteiger partial charge in [-0.25, -0.2) is 4.98 Å². The molecule has 1 aromatic carbocycles. The Morgan fingerprint density at radius 2 is 2.00 bits per heavy atom. The largest absolute Gasteiger partial charge is 0.416 e. The SMILES string of the molecule is CNSc1cnc(Nc2ccc(C(F)(F)F)cc2)c(C2CC(Br)=NO2)c1. The van der Waals surface area contributed by atoms with Crippen molar-refractivity contribution in [3.63, 3.8) is 0 Å². The minimum atomic E-state index is -4.37. The van der Waals surface area contributed by atoms with Gasteiger partial charge in [0.15, 0.2) is 6.10 Å². The van der Waals surface area contributed by atoms with E-state index in [0.717, 1.165) is 22.6 Å². The van der Waals surface area contributed by atoms with Gasteiger partial charge in [0, 0.05) is 28.8 Å². The molecule has 3 rings (SSSR count). The van der Waals surface area contributed by atoms with Gasteiger partial charge in [-0.1, -0.05) is 5.16 Å². The van der Waals surface area contributed by atoms with Crippen LogP contribution in [0.5, 0.6) is 0 Å². The van der Waals surface area contributed by atoms with Crippen molar-refractivity contribution in [2.24, 2.45) is 5.16 Å². The highest BCUT2D eigenvalue weighted by atomic mass is 79.9. The van der Waals surface area contributed by atoms with Crippen molar-refractivity contribution in [3.05, 3.63) is 47.7 Å². The van der Waals surface area contributed by atoms with Gasteiger partial charge in [0.1, 0.15) is 10.4 Å². The fraction of sp³-hybridized carbons (Fsp3) is 0.250. The number of aromatic nitrogens is 1. The molecule has 0 aliphatic carbocycles. The summed E-state index contributed by atoms with van der Waals surface area (Å²) in [6.07, 6.45) is -2.47. The predicted octanol–water partition coefficient (Wildman–Crippen LogP) is 5.24. The van der Waals surface area contributed by atoms with E-state index in [1.807, 2.05) is 6.07 Å². The van der Waals surface area contributed by atoms with Crippen LogP contribution in [-0.2, 0) is 11.0 Å². The van der Waals surface area contributed by atoms with E-state index in [1.54, 1.807) is 13.2 Å². The first-order valence-electron chi connectivity index (χ1n) is 7.53. The lowest BCUT2D eigenvalue weighted by Crippen LogP contribution is -2.07. The van der Waals surface area contributed by atoms with Crippen LogP contribution in [0, 0.1) is 0 Å². The standard InChI is InChI=1S/C16H14BrF3N4OS/c1-21-26-11-6-12(13-7-14(17)24-25-13)15(22-8-11)23-10-4-2-9(3-5-10)16(18,19)20/h2-6,8,13,21H,7H2,1H3,(H,22,23). The maximum absolute atomic E-state index is 12.7. The van der Waals surface area contributed by atoms with Gasteiger partial charge in [-0.05, 0) is 65.3 Å². The first kappa shape index (κ1) is 19.0. The summed E-state index contributed by atoms with van der Waals surface area (Å²) in [6, 6.07) is 6.70.